The molecule has 1 rings (SSSR count). The molecule has 1 aliphatic heterocycles. The minimum Gasteiger partial charge on any atom is -0.394 e. The summed E-state index contributed by atoms with van der Waals surface area (Å²) in [6, 6.07) is 0. The SMILES string of the molecule is CO[C@H]1OC(CO)[C@H](O)C(O)[C@@H]1O. The van der Waals surface area contributed by atoms with E-state index in [2.05, 4.69) is 0 Å². The maximum absolute atomic E-state index is 9.28. The van der Waals surface area contributed by atoms with Crippen molar-refractivity contribution in [3.05, 3.63) is 0 Å². The van der Waals surface area contributed by atoms with Gasteiger partial charge in [-0.3, -0.25) is 0 Å². The van der Waals surface area contributed by atoms with E-state index in [1.165, 1.54) is 7.11 Å². The third-order valence-electron chi connectivity index (χ3n) is 2.08. The molecule has 1 fully saturated rings. The van der Waals surface area contributed by atoms with E-state index in [0.29, 0.717) is 0 Å². The van der Waals surface area contributed by atoms with E-state index in [0.717, 1.165) is 0 Å². The highest BCUT2D eigenvalue weighted by molar-refractivity contribution is 4.88. The highest BCUT2D eigenvalue weighted by Crippen LogP contribution is 2.20. The van der Waals surface area contributed by atoms with E-state index in [4.69, 9.17) is 14.6 Å². The smallest absolute Gasteiger partial charge is 0.186 e. The first-order valence-corrected chi connectivity index (χ1v) is 3.95. The van der Waals surface area contributed by atoms with Gasteiger partial charge in [-0.25, -0.2) is 0 Å². The summed E-state index contributed by atoms with van der Waals surface area (Å²) in [5.74, 6) is 0. The molecule has 0 bridgehead atoms. The van der Waals surface area contributed by atoms with Crippen molar-refractivity contribution >= 4 is 0 Å². The highest BCUT2D eigenvalue weighted by Gasteiger charge is 2.43. The number of hydrogen-bond donors (Lipinski definition) is 4. The van der Waals surface area contributed by atoms with Crippen LogP contribution in [0.4, 0.5) is 0 Å². The Bertz CT molecular complexity index is 143. The third-order valence-corrected chi connectivity index (χ3v) is 2.08. The molecule has 1 saturated heterocycles. The van der Waals surface area contributed by atoms with Gasteiger partial charge in [-0.2, -0.15) is 0 Å². The first-order chi connectivity index (χ1) is 6.11. The summed E-state index contributed by atoms with van der Waals surface area (Å²) in [5, 5.41) is 36.6. The van der Waals surface area contributed by atoms with Crippen LogP contribution in [-0.4, -0.2) is 64.8 Å². The van der Waals surface area contributed by atoms with Crippen molar-refractivity contribution in [2.24, 2.45) is 0 Å². The van der Waals surface area contributed by atoms with Gasteiger partial charge in [0.2, 0.25) is 0 Å². The summed E-state index contributed by atoms with van der Waals surface area (Å²) >= 11 is 0. The van der Waals surface area contributed by atoms with Crippen molar-refractivity contribution in [1.82, 2.24) is 0 Å². The van der Waals surface area contributed by atoms with Crippen molar-refractivity contribution < 1.29 is 29.9 Å². The highest BCUT2D eigenvalue weighted by atomic mass is 16.7. The van der Waals surface area contributed by atoms with Crippen LogP contribution in [0.3, 0.4) is 0 Å². The average molecular weight is 194 g/mol. The van der Waals surface area contributed by atoms with E-state index in [1.54, 1.807) is 0 Å². The van der Waals surface area contributed by atoms with E-state index in [-0.39, 0.29) is 0 Å². The van der Waals surface area contributed by atoms with Gasteiger partial charge >= 0.3 is 0 Å². The summed E-state index contributed by atoms with van der Waals surface area (Å²) in [6.45, 7) is -0.440. The zero-order chi connectivity index (χ0) is 10.0. The van der Waals surface area contributed by atoms with Gasteiger partial charge in [-0.1, -0.05) is 0 Å². The van der Waals surface area contributed by atoms with Crippen LogP contribution in [0, 0.1) is 0 Å². The lowest BCUT2D eigenvalue weighted by Crippen LogP contribution is -2.58. The van der Waals surface area contributed by atoms with Gasteiger partial charge in [-0.15, -0.1) is 0 Å². The molecule has 0 aromatic carbocycles. The lowest BCUT2D eigenvalue weighted by Gasteiger charge is -2.38. The van der Waals surface area contributed by atoms with E-state index >= 15 is 0 Å². The molecule has 0 aromatic heterocycles. The van der Waals surface area contributed by atoms with Crippen LogP contribution < -0.4 is 0 Å². The second-order valence-corrected chi connectivity index (χ2v) is 2.93. The Kier molecular flexibility index (Phi) is 3.60. The molecule has 0 aromatic rings. The third kappa shape index (κ3) is 1.98. The van der Waals surface area contributed by atoms with Crippen molar-refractivity contribution in [1.29, 1.82) is 0 Å². The fraction of sp³-hybridized carbons (Fsp3) is 1.00. The summed E-state index contributed by atoms with van der Waals surface area (Å²) in [7, 11) is 1.30. The van der Waals surface area contributed by atoms with E-state index < -0.39 is 37.3 Å². The van der Waals surface area contributed by atoms with Crippen LogP contribution >= 0.6 is 0 Å². The molecule has 78 valence electrons. The Balaban J connectivity index is 2.66. The summed E-state index contributed by atoms with van der Waals surface area (Å²) in [6.07, 6.45) is -5.91. The zero-order valence-electron chi connectivity index (χ0n) is 7.20. The van der Waals surface area contributed by atoms with Gasteiger partial charge in [0.1, 0.15) is 24.4 Å². The standard InChI is InChI=1S/C7H14O6/c1-12-7-6(11)5(10)4(9)3(2-8)13-7/h3-11H,2H2,1H3/t3?,4-,5?,6-,7-/m0/s1. The van der Waals surface area contributed by atoms with Crippen molar-refractivity contribution in [2.75, 3.05) is 13.7 Å². The Morgan fingerprint density at radius 1 is 1.15 bits per heavy atom. The first-order valence-electron chi connectivity index (χ1n) is 3.95. The molecule has 0 amide bonds. The number of aliphatic hydroxyl groups excluding tert-OH is 4. The topological polar surface area (TPSA) is 99.4 Å². The second kappa shape index (κ2) is 4.32. The molecule has 13 heavy (non-hydrogen) atoms. The van der Waals surface area contributed by atoms with Gasteiger partial charge in [0, 0.05) is 7.11 Å². The van der Waals surface area contributed by atoms with Gasteiger partial charge < -0.3 is 29.9 Å². The summed E-state index contributed by atoms with van der Waals surface area (Å²) in [4.78, 5) is 0. The minimum absolute atomic E-state index is 0.440. The fourth-order valence-corrected chi connectivity index (χ4v) is 1.26. The molecule has 1 aliphatic rings. The zero-order valence-corrected chi connectivity index (χ0v) is 7.20. The average Bonchev–Trinajstić information content (AvgIpc) is 2.15. The van der Waals surface area contributed by atoms with Gasteiger partial charge in [0.15, 0.2) is 6.29 Å². The Hall–Kier alpha value is -0.240. The molecule has 6 nitrogen and oxygen atoms in total. The number of aliphatic hydroxyl groups is 4. The normalized spacial score (nSPS) is 46.4. The minimum atomic E-state index is -1.36. The number of ether oxygens (including phenoxy) is 2. The van der Waals surface area contributed by atoms with Crippen LogP contribution in [0.15, 0.2) is 0 Å². The molecule has 5 atom stereocenters. The molecule has 2 unspecified atom stereocenters. The maximum atomic E-state index is 9.28. The molecule has 1 heterocycles. The van der Waals surface area contributed by atoms with Crippen molar-refractivity contribution in [3.63, 3.8) is 0 Å². The van der Waals surface area contributed by atoms with Crippen LogP contribution in [0.1, 0.15) is 0 Å². The predicted molar refractivity (Wildman–Crippen MR) is 40.8 cm³/mol. The Morgan fingerprint density at radius 3 is 2.23 bits per heavy atom. The van der Waals surface area contributed by atoms with Crippen LogP contribution in [0.2, 0.25) is 0 Å². The monoisotopic (exact) mass is 194 g/mol. The number of methoxy groups -OCH3 is 1. The summed E-state index contributed by atoms with van der Waals surface area (Å²) in [5.41, 5.74) is 0. The molecular weight excluding hydrogens is 180 g/mol. The van der Waals surface area contributed by atoms with Crippen molar-refractivity contribution in [3.8, 4) is 0 Å². The van der Waals surface area contributed by atoms with Crippen molar-refractivity contribution in [2.45, 2.75) is 30.7 Å². The van der Waals surface area contributed by atoms with E-state index in [9.17, 15) is 15.3 Å². The Labute approximate surface area is 75.3 Å². The molecular formula is C7H14O6. The number of hydrogen-bond acceptors (Lipinski definition) is 6. The maximum Gasteiger partial charge on any atom is 0.186 e. The predicted octanol–water partition coefficient (Wildman–Crippen LogP) is -2.57. The molecule has 0 radical (unpaired) electrons. The van der Waals surface area contributed by atoms with Crippen LogP contribution in [0.5, 0.6) is 0 Å². The van der Waals surface area contributed by atoms with Crippen LogP contribution in [0.25, 0.3) is 0 Å². The lowest BCUT2D eigenvalue weighted by atomic mass is 9.99. The molecule has 4 N–H and O–H groups in total. The van der Waals surface area contributed by atoms with Crippen LogP contribution in [-0.2, 0) is 9.47 Å². The molecule has 0 spiro atoms. The largest absolute Gasteiger partial charge is 0.394 e. The van der Waals surface area contributed by atoms with E-state index in [1.807, 2.05) is 0 Å². The van der Waals surface area contributed by atoms with Gasteiger partial charge in [-0.05, 0) is 0 Å². The Morgan fingerprint density at radius 2 is 1.77 bits per heavy atom. The second-order valence-electron chi connectivity index (χ2n) is 2.93. The quantitative estimate of drug-likeness (QED) is 0.386. The molecule has 0 saturated carbocycles. The number of rotatable bonds is 2. The summed E-state index contributed by atoms with van der Waals surface area (Å²) < 4.78 is 9.65. The van der Waals surface area contributed by atoms with Gasteiger partial charge in [0.25, 0.3) is 0 Å². The van der Waals surface area contributed by atoms with Gasteiger partial charge in [0.05, 0.1) is 6.61 Å². The lowest BCUT2D eigenvalue weighted by molar-refractivity contribution is -0.294. The molecule has 6 heteroatoms. The first kappa shape index (κ1) is 10.8. The molecule has 0 aliphatic carbocycles. The fourth-order valence-electron chi connectivity index (χ4n) is 1.26.